The van der Waals surface area contributed by atoms with Crippen molar-refractivity contribution in [1.29, 1.82) is 0 Å². The van der Waals surface area contributed by atoms with E-state index in [0.717, 1.165) is 46.7 Å². The van der Waals surface area contributed by atoms with Crippen LogP contribution < -0.4 is 9.64 Å². The predicted octanol–water partition coefficient (Wildman–Crippen LogP) is 4.95. The molecule has 0 amide bonds. The van der Waals surface area contributed by atoms with Gasteiger partial charge in [-0.3, -0.25) is 0 Å². The van der Waals surface area contributed by atoms with E-state index in [1.165, 1.54) is 5.56 Å². The minimum absolute atomic E-state index is 0.343. The standard InChI is InChI=1S/C25H29N3O3/c1-5-12-28(14-20-8-11-22(18(3)13-20)31-15-23(29)30)25-19(4)24(26-16-27-25)21-9-6-17(2)7-10-21/h6-11,13,16H,5,12,14-15H2,1-4H3,(H,29,30). The first-order valence-electron chi connectivity index (χ1n) is 10.5. The number of hydrogen-bond acceptors (Lipinski definition) is 5. The van der Waals surface area contributed by atoms with Crippen molar-refractivity contribution < 1.29 is 14.6 Å². The van der Waals surface area contributed by atoms with E-state index in [1.54, 1.807) is 6.33 Å². The largest absolute Gasteiger partial charge is 0.482 e. The summed E-state index contributed by atoms with van der Waals surface area (Å²) in [5, 5.41) is 8.82. The van der Waals surface area contributed by atoms with Gasteiger partial charge in [-0.15, -0.1) is 0 Å². The average molecular weight is 420 g/mol. The average Bonchev–Trinajstić information content (AvgIpc) is 2.74. The van der Waals surface area contributed by atoms with Crippen molar-refractivity contribution in [3.63, 3.8) is 0 Å². The van der Waals surface area contributed by atoms with Crippen LogP contribution in [0.15, 0.2) is 48.8 Å². The third kappa shape index (κ3) is 5.60. The fourth-order valence-corrected chi connectivity index (χ4v) is 3.62. The maximum Gasteiger partial charge on any atom is 0.341 e. The first-order valence-corrected chi connectivity index (χ1v) is 10.5. The van der Waals surface area contributed by atoms with Crippen LogP contribution in [0.2, 0.25) is 0 Å². The Morgan fingerprint density at radius 2 is 1.81 bits per heavy atom. The molecule has 3 aromatic rings. The number of aliphatic carboxylic acids is 1. The number of aryl methyl sites for hydroxylation is 2. The number of carboxylic acid groups (broad SMARTS) is 1. The van der Waals surface area contributed by atoms with Crippen molar-refractivity contribution in [2.75, 3.05) is 18.1 Å². The van der Waals surface area contributed by atoms with E-state index in [0.29, 0.717) is 12.3 Å². The van der Waals surface area contributed by atoms with Crippen LogP contribution in [0.4, 0.5) is 5.82 Å². The number of aromatic nitrogens is 2. The van der Waals surface area contributed by atoms with Gasteiger partial charge in [0.05, 0.1) is 5.69 Å². The van der Waals surface area contributed by atoms with E-state index in [4.69, 9.17) is 9.84 Å². The van der Waals surface area contributed by atoms with Gasteiger partial charge in [0.15, 0.2) is 6.61 Å². The number of anilines is 1. The molecule has 6 nitrogen and oxygen atoms in total. The van der Waals surface area contributed by atoms with Crippen LogP contribution >= 0.6 is 0 Å². The Labute approximate surface area is 183 Å². The summed E-state index contributed by atoms with van der Waals surface area (Å²) in [4.78, 5) is 22.2. The van der Waals surface area contributed by atoms with Gasteiger partial charge in [-0.25, -0.2) is 14.8 Å². The highest BCUT2D eigenvalue weighted by Gasteiger charge is 2.16. The molecule has 6 heteroatoms. The number of hydrogen-bond donors (Lipinski definition) is 1. The van der Waals surface area contributed by atoms with E-state index < -0.39 is 5.97 Å². The molecule has 0 radical (unpaired) electrons. The molecule has 31 heavy (non-hydrogen) atoms. The summed E-state index contributed by atoms with van der Waals surface area (Å²) in [6.07, 6.45) is 2.62. The maximum absolute atomic E-state index is 10.8. The molecule has 0 fully saturated rings. The lowest BCUT2D eigenvalue weighted by Crippen LogP contribution is -2.25. The second-order valence-electron chi connectivity index (χ2n) is 7.74. The van der Waals surface area contributed by atoms with Crippen molar-refractivity contribution in [1.82, 2.24) is 9.97 Å². The van der Waals surface area contributed by atoms with Crippen LogP contribution in [0.3, 0.4) is 0 Å². The molecule has 0 atom stereocenters. The predicted molar refractivity (Wildman–Crippen MR) is 123 cm³/mol. The number of carboxylic acids is 1. The molecule has 1 N–H and O–H groups in total. The van der Waals surface area contributed by atoms with Crippen molar-refractivity contribution in [3.05, 3.63) is 71.0 Å². The monoisotopic (exact) mass is 419 g/mol. The minimum atomic E-state index is -0.985. The van der Waals surface area contributed by atoms with Crippen LogP contribution in [0, 0.1) is 20.8 Å². The van der Waals surface area contributed by atoms with E-state index in [2.05, 4.69) is 59.9 Å². The summed E-state index contributed by atoms with van der Waals surface area (Å²) in [6.45, 7) is 9.44. The topological polar surface area (TPSA) is 75.5 Å². The number of nitrogens with zero attached hydrogens (tertiary/aromatic N) is 3. The molecule has 0 aliphatic carbocycles. The van der Waals surface area contributed by atoms with Gasteiger partial charge in [-0.1, -0.05) is 48.9 Å². The minimum Gasteiger partial charge on any atom is -0.482 e. The number of rotatable bonds is 9. The lowest BCUT2D eigenvalue weighted by molar-refractivity contribution is -0.139. The number of benzene rings is 2. The SMILES string of the molecule is CCCN(Cc1ccc(OCC(=O)O)c(C)c1)c1ncnc(-c2ccc(C)cc2)c1C. The Morgan fingerprint density at radius 3 is 2.45 bits per heavy atom. The smallest absolute Gasteiger partial charge is 0.341 e. The van der Waals surface area contributed by atoms with Crippen molar-refractivity contribution >= 4 is 11.8 Å². The summed E-state index contributed by atoms with van der Waals surface area (Å²) in [6, 6.07) is 14.2. The molecule has 3 rings (SSSR count). The van der Waals surface area contributed by atoms with Gasteiger partial charge in [0.2, 0.25) is 0 Å². The Morgan fingerprint density at radius 1 is 1.06 bits per heavy atom. The van der Waals surface area contributed by atoms with Gasteiger partial charge >= 0.3 is 5.97 Å². The zero-order valence-electron chi connectivity index (χ0n) is 18.6. The molecular formula is C25H29N3O3. The Bertz CT molecular complexity index is 1050. The van der Waals surface area contributed by atoms with E-state index >= 15 is 0 Å². The third-order valence-electron chi connectivity index (χ3n) is 5.14. The fourth-order valence-electron chi connectivity index (χ4n) is 3.62. The third-order valence-corrected chi connectivity index (χ3v) is 5.14. The fraction of sp³-hybridized carbons (Fsp3) is 0.320. The molecule has 1 aromatic heterocycles. The molecule has 1 heterocycles. The van der Waals surface area contributed by atoms with Gasteiger partial charge in [0.25, 0.3) is 0 Å². The first-order chi connectivity index (χ1) is 14.9. The summed E-state index contributed by atoms with van der Waals surface area (Å²) >= 11 is 0. The molecule has 0 saturated carbocycles. The number of ether oxygens (including phenoxy) is 1. The zero-order valence-corrected chi connectivity index (χ0v) is 18.6. The van der Waals surface area contributed by atoms with Gasteiger partial charge in [0.1, 0.15) is 17.9 Å². The second kappa shape index (κ2) is 10.1. The van der Waals surface area contributed by atoms with E-state index in [1.807, 2.05) is 25.1 Å². The zero-order chi connectivity index (χ0) is 22.4. The van der Waals surface area contributed by atoms with Gasteiger partial charge < -0.3 is 14.7 Å². The molecule has 0 unspecified atom stereocenters. The van der Waals surface area contributed by atoms with Crippen LogP contribution in [-0.4, -0.2) is 34.2 Å². The summed E-state index contributed by atoms with van der Waals surface area (Å²) < 4.78 is 5.35. The normalized spacial score (nSPS) is 10.7. The Hall–Kier alpha value is -3.41. The lowest BCUT2D eigenvalue weighted by atomic mass is 10.0. The highest BCUT2D eigenvalue weighted by atomic mass is 16.5. The summed E-state index contributed by atoms with van der Waals surface area (Å²) in [5.41, 5.74) is 6.32. The van der Waals surface area contributed by atoms with Crippen LogP contribution in [-0.2, 0) is 11.3 Å². The van der Waals surface area contributed by atoms with Gasteiger partial charge in [-0.2, -0.15) is 0 Å². The number of carbonyl (C=O) groups is 1. The van der Waals surface area contributed by atoms with Crippen LogP contribution in [0.5, 0.6) is 5.75 Å². The first kappa shape index (κ1) is 22.3. The molecule has 2 aromatic carbocycles. The van der Waals surface area contributed by atoms with Crippen molar-refractivity contribution in [3.8, 4) is 17.0 Å². The second-order valence-corrected chi connectivity index (χ2v) is 7.74. The molecule has 0 saturated heterocycles. The molecular weight excluding hydrogens is 390 g/mol. The van der Waals surface area contributed by atoms with E-state index in [-0.39, 0.29) is 6.61 Å². The lowest BCUT2D eigenvalue weighted by Gasteiger charge is -2.26. The Balaban J connectivity index is 1.87. The summed E-state index contributed by atoms with van der Waals surface area (Å²) in [5.74, 6) is 0.533. The van der Waals surface area contributed by atoms with Gasteiger partial charge in [0, 0.05) is 24.2 Å². The Kier molecular flexibility index (Phi) is 7.23. The summed E-state index contributed by atoms with van der Waals surface area (Å²) in [7, 11) is 0. The van der Waals surface area contributed by atoms with Crippen molar-refractivity contribution in [2.24, 2.45) is 0 Å². The quantitative estimate of drug-likeness (QED) is 0.529. The molecule has 0 aliphatic rings. The van der Waals surface area contributed by atoms with Crippen molar-refractivity contribution in [2.45, 2.75) is 40.7 Å². The highest BCUT2D eigenvalue weighted by molar-refractivity contribution is 5.69. The molecule has 0 aliphatic heterocycles. The van der Waals surface area contributed by atoms with Crippen LogP contribution in [0.1, 0.15) is 35.6 Å². The molecule has 162 valence electrons. The molecule has 0 bridgehead atoms. The van der Waals surface area contributed by atoms with Crippen LogP contribution in [0.25, 0.3) is 11.3 Å². The molecule has 0 spiro atoms. The van der Waals surface area contributed by atoms with E-state index in [9.17, 15) is 4.79 Å². The highest BCUT2D eigenvalue weighted by Crippen LogP contribution is 2.29. The maximum atomic E-state index is 10.8. The van der Waals surface area contributed by atoms with Gasteiger partial charge in [-0.05, 0) is 44.4 Å².